The van der Waals surface area contributed by atoms with Crippen molar-refractivity contribution < 1.29 is 19.3 Å². The number of piperazine rings is 1. The third kappa shape index (κ3) is 4.94. The number of nitrogens with zero attached hydrogens (tertiary/aromatic N) is 4. The number of carbonyl (C=O) groups is 3. The summed E-state index contributed by atoms with van der Waals surface area (Å²) in [5, 5.41) is 13.9. The highest BCUT2D eigenvalue weighted by Crippen LogP contribution is 2.28. The molecule has 1 N–H and O–H groups in total. The lowest BCUT2D eigenvalue weighted by atomic mass is 10.2. The number of para-hydroxylation sites is 2. The summed E-state index contributed by atoms with van der Waals surface area (Å²) in [5.74, 6) is -0.481. The van der Waals surface area contributed by atoms with E-state index in [1.165, 1.54) is 6.07 Å². The van der Waals surface area contributed by atoms with Crippen LogP contribution in [-0.2, 0) is 9.59 Å². The van der Waals surface area contributed by atoms with Gasteiger partial charge in [0.05, 0.1) is 11.5 Å². The molecule has 0 bridgehead atoms. The van der Waals surface area contributed by atoms with Crippen LogP contribution in [0.3, 0.4) is 0 Å². The second-order valence-corrected chi connectivity index (χ2v) is 7.99. The Morgan fingerprint density at radius 1 is 0.970 bits per heavy atom. The lowest BCUT2D eigenvalue weighted by molar-refractivity contribution is -0.384. The molecule has 33 heavy (non-hydrogen) atoms. The molecule has 2 aromatic rings. The first-order valence-electron chi connectivity index (χ1n) is 10.9. The Kier molecular flexibility index (Phi) is 6.53. The van der Waals surface area contributed by atoms with Crippen LogP contribution in [0, 0.1) is 10.1 Å². The van der Waals surface area contributed by atoms with E-state index in [2.05, 4.69) is 5.32 Å². The lowest BCUT2D eigenvalue weighted by Crippen LogP contribution is -2.51. The Labute approximate surface area is 190 Å². The average Bonchev–Trinajstić information content (AvgIpc) is 3.28. The molecule has 0 saturated carbocycles. The van der Waals surface area contributed by atoms with E-state index in [-0.39, 0.29) is 30.0 Å². The van der Waals surface area contributed by atoms with Gasteiger partial charge in [0.1, 0.15) is 5.69 Å². The molecule has 0 aromatic heterocycles. The van der Waals surface area contributed by atoms with E-state index in [9.17, 15) is 24.5 Å². The summed E-state index contributed by atoms with van der Waals surface area (Å²) in [5.41, 5.74) is 1.77. The number of anilines is 2. The van der Waals surface area contributed by atoms with E-state index < -0.39 is 4.92 Å². The molecule has 2 aliphatic rings. The van der Waals surface area contributed by atoms with Gasteiger partial charge in [-0.2, -0.15) is 0 Å². The fourth-order valence-electron chi connectivity index (χ4n) is 4.17. The zero-order valence-electron chi connectivity index (χ0n) is 18.1. The standard InChI is InChI=1S/C23H25N5O5/c29-21-6-3-11-27(21)18-9-7-17(8-10-18)23(31)24-16-22(30)26-14-12-25(13-15-26)19-4-1-2-5-20(19)28(32)33/h1-2,4-5,7-10H,3,6,11-16H2,(H,24,31). The van der Waals surface area contributed by atoms with Crippen molar-refractivity contribution in [2.24, 2.45) is 0 Å². The minimum absolute atomic E-state index is 0.0460. The second-order valence-electron chi connectivity index (χ2n) is 7.99. The molecule has 0 unspecified atom stereocenters. The summed E-state index contributed by atoms with van der Waals surface area (Å²) in [6.07, 6.45) is 1.38. The van der Waals surface area contributed by atoms with Gasteiger partial charge in [-0.15, -0.1) is 0 Å². The number of amides is 3. The van der Waals surface area contributed by atoms with Crippen LogP contribution in [-0.4, -0.2) is 66.8 Å². The highest BCUT2D eigenvalue weighted by Gasteiger charge is 2.26. The van der Waals surface area contributed by atoms with Crippen molar-refractivity contribution in [1.29, 1.82) is 0 Å². The van der Waals surface area contributed by atoms with Crippen molar-refractivity contribution in [3.8, 4) is 0 Å². The monoisotopic (exact) mass is 451 g/mol. The van der Waals surface area contributed by atoms with Gasteiger partial charge in [-0.3, -0.25) is 24.5 Å². The molecule has 2 aromatic carbocycles. The van der Waals surface area contributed by atoms with Crippen molar-refractivity contribution in [1.82, 2.24) is 10.2 Å². The average molecular weight is 451 g/mol. The van der Waals surface area contributed by atoms with Gasteiger partial charge in [0.15, 0.2) is 0 Å². The predicted octanol–water partition coefficient (Wildman–Crippen LogP) is 1.80. The largest absolute Gasteiger partial charge is 0.362 e. The van der Waals surface area contributed by atoms with Crippen molar-refractivity contribution in [2.75, 3.05) is 49.1 Å². The maximum absolute atomic E-state index is 12.6. The van der Waals surface area contributed by atoms with E-state index in [1.54, 1.807) is 52.3 Å². The Bertz CT molecular complexity index is 1060. The minimum atomic E-state index is -0.405. The minimum Gasteiger partial charge on any atom is -0.362 e. The van der Waals surface area contributed by atoms with Crippen molar-refractivity contribution >= 4 is 34.8 Å². The summed E-state index contributed by atoms with van der Waals surface area (Å²) in [6, 6.07) is 13.3. The number of benzene rings is 2. The summed E-state index contributed by atoms with van der Waals surface area (Å²) in [6.45, 7) is 2.33. The molecule has 3 amide bonds. The molecular weight excluding hydrogens is 426 g/mol. The van der Waals surface area contributed by atoms with Crippen LogP contribution < -0.4 is 15.1 Å². The number of hydrogen-bond acceptors (Lipinski definition) is 6. The third-order valence-corrected chi connectivity index (χ3v) is 5.97. The van der Waals surface area contributed by atoms with Crippen LogP contribution in [0.5, 0.6) is 0 Å². The quantitative estimate of drug-likeness (QED) is 0.529. The van der Waals surface area contributed by atoms with Crippen molar-refractivity contribution in [2.45, 2.75) is 12.8 Å². The predicted molar refractivity (Wildman–Crippen MR) is 122 cm³/mol. The summed E-state index contributed by atoms with van der Waals surface area (Å²) in [7, 11) is 0. The number of nitro benzene ring substituents is 1. The van der Waals surface area contributed by atoms with E-state index in [0.29, 0.717) is 50.4 Å². The zero-order valence-corrected chi connectivity index (χ0v) is 18.1. The molecule has 0 atom stereocenters. The molecule has 0 radical (unpaired) electrons. The van der Waals surface area contributed by atoms with Crippen LogP contribution in [0.1, 0.15) is 23.2 Å². The number of nitrogens with one attached hydrogen (secondary N) is 1. The first-order valence-corrected chi connectivity index (χ1v) is 10.9. The first-order chi connectivity index (χ1) is 15.9. The van der Waals surface area contributed by atoms with Gasteiger partial charge in [-0.25, -0.2) is 0 Å². The fourth-order valence-corrected chi connectivity index (χ4v) is 4.17. The van der Waals surface area contributed by atoms with Gasteiger partial charge < -0.3 is 20.0 Å². The second kappa shape index (κ2) is 9.68. The smallest absolute Gasteiger partial charge is 0.292 e. The van der Waals surface area contributed by atoms with Crippen LogP contribution in [0.2, 0.25) is 0 Å². The van der Waals surface area contributed by atoms with Crippen molar-refractivity contribution in [3.05, 3.63) is 64.2 Å². The normalized spacial score (nSPS) is 16.1. The molecule has 10 heteroatoms. The van der Waals surface area contributed by atoms with Crippen LogP contribution in [0.4, 0.5) is 17.1 Å². The summed E-state index contributed by atoms with van der Waals surface area (Å²) >= 11 is 0. The van der Waals surface area contributed by atoms with Gasteiger partial charge in [0, 0.05) is 56.5 Å². The molecule has 2 heterocycles. The highest BCUT2D eigenvalue weighted by atomic mass is 16.6. The van der Waals surface area contributed by atoms with Gasteiger partial charge in [-0.1, -0.05) is 12.1 Å². The maximum atomic E-state index is 12.6. The number of rotatable bonds is 6. The summed E-state index contributed by atoms with van der Waals surface area (Å²) < 4.78 is 0. The van der Waals surface area contributed by atoms with E-state index in [4.69, 9.17) is 0 Å². The summed E-state index contributed by atoms with van der Waals surface area (Å²) in [4.78, 5) is 52.9. The molecule has 2 aliphatic heterocycles. The molecule has 10 nitrogen and oxygen atoms in total. The Hall–Kier alpha value is -3.95. The Morgan fingerprint density at radius 2 is 1.67 bits per heavy atom. The molecule has 2 fully saturated rings. The van der Waals surface area contributed by atoms with Crippen LogP contribution >= 0.6 is 0 Å². The van der Waals surface area contributed by atoms with Gasteiger partial charge in [-0.05, 0) is 36.8 Å². The molecule has 172 valence electrons. The molecule has 0 spiro atoms. The van der Waals surface area contributed by atoms with Crippen molar-refractivity contribution in [3.63, 3.8) is 0 Å². The van der Waals surface area contributed by atoms with E-state index >= 15 is 0 Å². The van der Waals surface area contributed by atoms with Crippen LogP contribution in [0.25, 0.3) is 0 Å². The van der Waals surface area contributed by atoms with Gasteiger partial charge in [0.25, 0.3) is 11.6 Å². The van der Waals surface area contributed by atoms with E-state index in [1.807, 2.05) is 4.90 Å². The number of carbonyl (C=O) groups excluding carboxylic acids is 3. The number of hydrogen-bond donors (Lipinski definition) is 1. The molecule has 0 aliphatic carbocycles. The molecular formula is C23H25N5O5. The fraction of sp³-hybridized carbons (Fsp3) is 0.348. The Morgan fingerprint density at radius 3 is 2.30 bits per heavy atom. The van der Waals surface area contributed by atoms with Gasteiger partial charge >= 0.3 is 0 Å². The Balaban J connectivity index is 1.27. The molecule has 4 rings (SSSR count). The highest BCUT2D eigenvalue weighted by molar-refractivity contribution is 5.98. The third-order valence-electron chi connectivity index (χ3n) is 5.97. The zero-order chi connectivity index (χ0) is 23.4. The number of nitro groups is 1. The SMILES string of the molecule is O=C(NCC(=O)N1CCN(c2ccccc2[N+](=O)[O-])CC1)c1ccc(N2CCCC2=O)cc1. The molecule has 2 saturated heterocycles. The van der Waals surface area contributed by atoms with E-state index in [0.717, 1.165) is 12.1 Å². The van der Waals surface area contributed by atoms with Gasteiger partial charge in [0.2, 0.25) is 11.8 Å². The topological polar surface area (TPSA) is 116 Å². The first kappa shape index (κ1) is 22.3. The maximum Gasteiger partial charge on any atom is 0.292 e. The van der Waals surface area contributed by atoms with Crippen LogP contribution in [0.15, 0.2) is 48.5 Å². The lowest BCUT2D eigenvalue weighted by Gasteiger charge is -2.35.